The van der Waals surface area contributed by atoms with Crippen molar-refractivity contribution in [3.8, 4) is 5.75 Å². The Labute approximate surface area is 178 Å². The summed E-state index contributed by atoms with van der Waals surface area (Å²) in [6, 6.07) is 11.8. The quantitative estimate of drug-likeness (QED) is 0.523. The molecule has 0 radical (unpaired) electrons. The highest BCUT2D eigenvalue weighted by Crippen LogP contribution is 2.30. The summed E-state index contributed by atoms with van der Waals surface area (Å²) >= 11 is 0. The second kappa shape index (κ2) is 8.57. The number of hydrogen-bond acceptors (Lipinski definition) is 7. The van der Waals surface area contributed by atoms with E-state index in [4.69, 9.17) is 9.84 Å². The number of amides is 1. The van der Waals surface area contributed by atoms with Crippen LogP contribution in [0.5, 0.6) is 5.75 Å². The van der Waals surface area contributed by atoms with Gasteiger partial charge in [-0.1, -0.05) is 0 Å². The zero-order valence-corrected chi connectivity index (χ0v) is 16.7. The van der Waals surface area contributed by atoms with Gasteiger partial charge in [0, 0.05) is 37.6 Å². The summed E-state index contributed by atoms with van der Waals surface area (Å²) in [5.74, 6) is -1.04. The summed E-state index contributed by atoms with van der Waals surface area (Å²) in [6.45, 7) is 0.663. The molecule has 0 saturated carbocycles. The Balaban J connectivity index is 1.36. The van der Waals surface area contributed by atoms with Gasteiger partial charge in [-0.25, -0.2) is 4.79 Å². The van der Waals surface area contributed by atoms with Gasteiger partial charge in [-0.05, 0) is 48.9 Å². The minimum atomic E-state index is -1.07. The molecule has 1 saturated heterocycles. The Morgan fingerprint density at radius 2 is 1.94 bits per heavy atom. The molecule has 160 valence electrons. The number of aromatic nitrogens is 2. The highest BCUT2D eigenvalue weighted by atomic mass is 16.5. The Kier molecular flexibility index (Phi) is 5.68. The van der Waals surface area contributed by atoms with E-state index in [1.165, 1.54) is 12.1 Å². The monoisotopic (exact) mass is 422 g/mol. The van der Waals surface area contributed by atoms with Crippen LogP contribution in [0.1, 0.15) is 16.8 Å². The minimum absolute atomic E-state index is 0.107. The van der Waals surface area contributed by atoms with Crippen molar-refractivity contribution in [3.05, 3.63) is 60.4 Å². The average Bonchev–Trinajstić information content (AvgIpc) is 3.18. The normalized spacial score (nSPS) is 18.2. The molecular weight excluding hydrogens is 400 g/mol. The van der Waals surface area contributed by atoms with E-state index < -0.39 is 18.2 Å². The fourth-order valence-corrected chi connectivity index (χ4v) is 3.62. The molecule has 3 N–H and O–H groups in total. The van der Waals surface area contributed by atoms with Crippen molar-refractivity contribution in [3.63, 3.8) is 0 Å². The van der Waals surface area contributed by atoms with Crippen molar-refractivity contribution >= 4 is 28.6 Å². The fraction of sp³-hybridized carbons (Fsp3) is 0.273. The minimum Gasteiger partial charge on any atom is -0.482 e. The summed E-state index contributed by atoms with van der Waals surface area (Å²) in [6.07, 6.45) is 3.95. The topological polar surface area (TPSA) is 125 Å². The molecule has 3 heterocycles. The van der Waals surface area contributed by atoms with Gasteiger partial charge in [-0.3, -0.25) is 14.8 Å². The molecule has 31 heavy (non-hydrogen) atoms. The average molecular weight is 422 g/mol. The number of carbonyl (C=O) groups is 2. The lowest BCUT2D eigenvalue weighted by Crippen LogP contribution is -2.45. The van der Waals surface area contributed by atoms with Crippen molar-refractivity contribution in [1.82, 2.24) is 15.3 Å². The van der Waals surface area contributed by atoms with Gasteiger partial charge in [0.25, 0.3) is 5.91 Å². The van der Waals surface area contributed by atoms with Crippen LogP contribution in [0.3, 0.4) is 0 Å². The Morgan fingerprint density at radius 3 is 2.71 bits per heavy atom. The van der Waals surface area contributed by atoms with E-state index in [0.29, 0.717) is 30.8 Å². The zero-order chi connectivity index (χ0) is 21.8. The lowest BCUT2D eigenvalue weighted by Gasteiger charge is -2.25. The zero-order valence-electron chi connectivity index (χ0n) is 16.7. The van der Waals surface area contributed by atoms with Gasteiger partial charge in [0.05, 0.1) is 11.2 Å². The van der Waals surface area contributed by atoms with Gasteiger partial charge in [0.2, 0.25) is 0 Å². The lowest BCUT2D eigenvalue weighted by molar-refractivity contribution is -0.139. The number of carboxylic acid groups (broad SMARTS) is 1. The third kappa shape index (κ3) is 4.72. The Bertz CT molecular complexity index is 1100. The maximum atomic E-state index is 12.5. The van der Waals surface area contributed by atoms with Crippen LogP contribution >= 0.6 is 0 Å². The number of aliphatic carboxylic acids is 1. The van der Waals surface area contributed by atoms with Gasteiger partial charge in [0.1, 0.15) is 16.9 Å². The smallest absolute Gasteiger partial charge is 0.341 e. The van der Waals surface area contributed by atoms with Crippen LogP contribution < -0.4 is 15.0 Å². The van der Waals surface area contributed by atoms with Crippen LogP contribution in [0.2, 0.25) is 0 Å². The van der Waals surface area contributed by atoms with Crippen LogP contribution in [-0.4, -0.2) is 63.9 Å². The van der Waals surface area contributed by atoms with Gasteiger partial charge >= 0.3 is 5.97 Å². The van der Waals surface area contributed by atoms with Crippen molar-refractivity contribution < 1.29 is 24.5 Å². The van der Waals surface area contributed by atoms with Crippen molar-refractivity contribution in [1.29, 1.82) is 0 Å². The second-order valence-electron chi connectivity index (χ2n) is 7.49. The molecule has 0 spiro atoms. The van der Waals surface area contributed by atoms with Gasteiger partial charge < -0.3 is 25.2 Å². The Morgan fingerprint density at radius 1 is 1.13 bits per heavy atom. The molecular formula is C22H22N4O5. The number of aliphatic hydroxyl groups is 1. The first-order valence-electron chi connectivity index (χ1n) is 9.83. The van der Waals surface area contributed by atoms with E-state index in [1.807, 2.05) is 18.2 Å². The number of ether oxygens (including phenoxy) is 1. The third-order valence-corrected chi connectivity index (χ3v) is 5.20. The van der Waals surface area contributed by atoms with Gasteiger partial charge in [-0.2, -0.15) is 0 Å². The molecule has 0 aliphatic carbocycles. The first kappa shape index (κ1) is 20.5. The van der Waals surface area contributed by atoms with Crippen molar-refractivity contribution in [2.24, 2.45) is 0 Å². The predicted molar refractivity (Wildman–Crippen MR) is 113 cm³/mol. The molecule has 1 amide bonds. The van der Waals surface area contributed by atoms with Gasteiger partial charge in [-0.15, -0.1) is 0 Å². The molecule has 1 aliphatic rings. The molecule has 2 aromatic heterocycles. The van der Waals surface area contributed by atoms with Gasteiger partial charge in [0.15, 0.2) is 6.61 Å². The molecule has 1 fully saturated rings. The number of carbonyl (C=O) groups excluding carboxylic acids is 1. The summed E-state index contributed by atoms with van der Waals surface area (Å²) < 4.78 is 5.06. The lowest BCUT2D eigenvalue weighted by atomic mass is 10.0. The largest absolute Gasteiger partial charge is 0.482 e. The standard InChI is InChI=1S/C22H22N4O5/c27-19(28)12-31-16-5-3-15(4-6-16)21(29)25-13-22(30)8-11-26(14-22)18-7-10-23-17-2-1-9-24-20(17)18/h1-7,9-10,30H,8,11-14H2,(H,25,29)(H,27,28). The number of anilines is 1. The highest BCUT2D eigenvalue weighted by Gasteiger charge is 2.37. The summed E-state index contributed by atoms with van der Waals surface area (Å²) in [7, 11) is 0. The molecule has 1 unspecified atom stereocenters. The van der Waals surface area contributed by atoms with E-state index >= 15 is 0 Å². The van der Waals surface area contributed by atoms with Crippen LogP contribution in [0, 0.1) is 0 Å². The predicted octanol–water partition coefficient (Wildman–Crippen LogP) is 1.46. The second-order valence-corrected chi connectivity index (χ2v) is 7.49. The molecule has 9 heteroatoms. The molecule has 9 nitrogen and oxygen atoms in total. The van der Waals surface area contributed by atoms with Crippen LogP contribution in [0.4, 0.5) is 5.69 Å². The number of hydrogen-bond donors (Lipinski definition) is 3. The van der Waals surface area contributed by atoms with Crippen LogP contribution in [0.15, 0.2) is 54.9 Å². The molecule has 1 aliphatic heterocycles. The van der Waals surface area contributed by atoms with Crippen molar-refractivity contribution in [2.45, 2.75) is 12.0 Å². The number of fused-ring (bicyclic) bond motifs is 1. The maximum Gasteiger partial charge on any atom is 0.341 e. The summed E-state index contributed by atoms with van der Waals surface area (Å²) in [5.41, 5.74) is 1.81. The van der Waals surface area contributed by atoms with E-state index in [-0.39, 0.29) is 12.5 Å². The Hall–Kier alpha value is -3.72. The number of rotatable bonds is 7. The molecule has 0 bridgehead atoms. The number of benzene rings is 1. The molecule has 3 aromatic rings. The number of carboxylic acids is 1. The van der Waals surface area contributed by atoms with Crippen molar-refractivity contribution in [2.75, 3.05) is 31.1 Å². The number of β-amino-alcohol motifs (C(OH)–C–C–N with tert-alkyl or cyclic N) is 1. The van der Waals surface area contributed by atoms with E-state index in [2.05, 4.69) is 20.2 Å². The maximum absolute atomic E-state index is 12.5. The number of nitrogens with zero attached hydrogens (tertiary/aromatic N) is 3. The molecule has 4 rings (SSSR count). The molecule has 1 atom stereocenters. The van der Waals surface area contributed by atoms with E-state index in [9.17, 15) is 14.7 Å². The summed E-state index contributed by atoms with van der Waals surface area (Å²) in [5, 5.41) is 22.4. The first-order chi connectivity index (χ1) is 14.9. The first-order valence-corrected chi connectivity index (χ1v) is 9.83. The molecule has 1 aromatic carbocycles. The van der Waals surface area contributed by atoms with Crippen LogP contribution in [-0.2, 0) is 4.79 Å². The fourth-order valence-electron chi connectivity index (χ4n) is 3.62. The van der Waals surface area contributed by atoms with E-state index in [0.717, 1.165) is 16.7 Å². The SMILES string of the molecule is O=C(O)COc1ccc(C(=O)NCC2(O)CCN(c3ccnc4cccnc34)C2)cc1. The summed E-state index contributed by atoms with van der Waals surface area (Å²) in [4.78, 5) is 33.8. The third-order valence-electron chi connectivity index (χ3n) is 5.20. The van der Waals surface area contributed by atoms with E-state index in [1.54, 1.807) is 24.5 Å². The number of nitrogens with one attached hydrogen (secondary N) is 1. The number of pyridine rings is 2. The highest BCUT2D eigenvalue weighted by molar-refractivity contribution is 5.94. The van der Waals surface area contributed by atoms with Crippen LogP contribution in [0.25, 0.3) is 11.0 Å².